The number of sulfonamides is 1. The van der Waals surface area contributed by atoms with E-state index in [2.05, 4.69) is 15.5 Å². The summed E-state index contributed by atoms with van der Waals surface area (Å²) in [7, 11) is -4.01. The highest BCUT2D eigenvalue weighted by Gasteiger charge is 2.33. The molecule has 0 aliphatic carbocycles. The van der Waals surface area contributed by atoms with Crippen LogP contribution < -0.4 is 10.5 Å². The van der Waals surface area contributed by atoms with Crippen LogP contribution >= 0.6 is 0 Å². The summed E-state index contributed by atoms with van der Waals surface area (Å²) in [5.74, 6) is -0.577. The van der Waals surface area contributed by atoms with Crippen molar-refractivity contribution in [3.8, 4) is 0 Å². The third-order valence-corrected chi connectivity index (χ3v) is 4.31. The van der Waals surface area contributed by atoms with Gasteiger partial charge in [0.2, 0.25) is 10.0 Å². The molecule has 1 aromatic rings. The third-order valence-electron chi connectivity index (χ3n) is 3.24. The van der Waals surface area contributed by atoms with E-state index in [-0.39, 0.29) is 16.3 Å². The van der Waals surface area contributed by atoms with Crippen molar-refractivity contribution in [2.75, 3.05) is 13.2 Å². The number of carbonyl (C=O) groups is 1. The number of hydrogen-bond donors (Lipinski definition) is 3. The normalized spacial score (nSPS) is 23.6. The SMILES string of the molecule is Cc1[nH]nc(C(=O)NC2(C)CCCOC2)c1S(N)(=O)=O. The summed E-state index contributed by atoms with van der Waals surface area (Å²) in [6.07, 6.45) is 1.59. The molecule has 1 atom stereocenters. The quantitative estimate of drug-likeness (QED) is 0.704. The molecule has 0 saturated carbocycles. The van der Waals surface area contributed by atoms with E-state index in [9.17, 15) is 13.2 Å². The lowest BCUT2D eigenvalue weighted by Gasteiger charge is -2.34. The Morgan fingerprint density at radius 1 is 1.55 bits per heavy atom. The van der Waals surface area contributed by atoms with Gasteiger partial charge in [0.05, 0.1) is 17.8 Å². The molecule has 1 saturated heterocycles. The first kappa shape index (κ1) is 14.9. The molecule has 0 aromatic carbocycles. The monoisotopic (exact) mass is 302 g/mol. The summed E-state index contributed by atoms with van der Waals surface area (Å²) in [5, 5.41) is 14.1. The number of nitrogens with zero attached hydrogens (tertiary/aromatic N) is 1. The van der Waals surface area contributed by atoms with Gasteiger partial charge in [-0.1, -0.05) is 0 Å². The Morgan fingerprint density at radius 3 is 2.80 bits per heavy atom. The number of H-pyrrole nitrogens is 1. The standard InChI is InChI=1S/C11H18N4O4S/c1-7-9(20(12,17)18)8(15-14-7)10(16)13-11(2)4-3-5-19-6-11/h3-6H2,1-2H3,(H,13,16)(H,14,15)(H2,12,17,18). The second-order valence-corrected chi connectivity index (χ2v) is 6.74. The number of aryl methyl sites for hydroxylation is 1. The molecule has 4 N–H and O–H groups in total. The van der Waals surface area contributed by atoms with Crippen molar-refractivity contribution in [3.63, 3.8) is 0 Å². The van der Waals surface area contributed by atoms with Crippen LogP contribution in [0.15, 0.2) is 4.90 Å². The maximum Gasteiger partial charge on any atom is 0.273 e. The first-order valence-corrected chi connectivity index (χ1v) is 7.76. The zero-order chi connectivity index (χ0) is 15.0. The van der Waals surface area contributed by atoms with Gasteiger partial charge < -0.3 is 10.1 Å². The largest absolute Gasteiger partial charge is 0.379 e. The van der Waals surface area contributed by atoms with Crippen LogP contribution in [0.1, 0.15) is 35.9 Å². The van der Waals surface area contributed by atoms with Crippen LogP contribution in [0.2, 0.25) is 0 Å². The Bertz CT molecular complexity index is 616. The molecule has 1 aromatic heterocycles. The summed E-state index contributed by atoms with van der Waals surface area (Å²) in [5.41, 5.74) is -0.503. The second-order valence-electron chi connectivity index (χ2n) is 5.24. The molecular weight excluding hydrogens is 284 g/mol. The number of rotatable bonds is 3. The highest BCUT2D eigenvalue weighted by atomic mass is 32.2. The lowest BCUT2D eigenvalue weighted by atomic mass is 9.95. The molecule has 2 heterocycles. The Labute approximate surface area is 117 Å². The molecule has 20 heavy (non-hydrogen) atoms. The van der Waals surface area contributed by atoms with Crippen molar-refractivity contribution in [3.05, 3.63) is 11.4 Å². The van der Waals surface area contributed by atoms with Gasteiger partial charge in [-0.25, -0.2) is 13.6 Å². The van der Waals surface area contributed by atoms with Crippen LogP contribution in [-0.2, 0) is 14.8 Å². The second kappa shape index (κ2) is 5.15. The lowest BCUT2D eigenvalue weighted by Crippen LogP contribution is -2.51. The predicted octanol–water partition coefficient (Wildman–Crippen LogP) is -0.336. The topological polar surface area (TPSA) is 127 Å². The maximum atomic E-state index is 12.2. The van der Waals surface area contributed by atoms with Gasteiger partial charge in [0.1, 0.15) is 4.90 Å². The number of amides is 1. The summed E-state index contributed by atoms with van der Waals surface area (Å²) in [4.78, 5) is 12.0. The molecule has 112 valence electrons. The van der Waals surface area contributed by atoms with E-state index in [0.717, 1.165) is 12.8 Å². The van der Waals surface area contributed by atoms with E-state index in [1.165, 1.54) is 6.92 Å². The molecule has 0 spiro atoms. The molecule has 1 aliphatic rings. The van der Waals surface area contributed by atoms with Crippen LogP contribution in [0.3, 0.4) is 0 Å². The molecule has 9 heteroatoms. The molecule has 2 rings (SSSR count). The van der Waals surface area contributed by atoms with Crippen molar-refractivity contribution < 1.29 is 17.9 Å². The van der Waals surface area contributed by atoms with Crippen LogP contribution in [0.25, 0.3) is 0 Å². The fraction of sp³-hybridized carbons (Fsp3) is 0.636. The first-order chi connectivity index (χ1) is 9.23. The molecular formula is C11H18N4O4S. The molecule has 1 fully saturated rings. The van der Waals surface area contributed by atoms with Gasteiger partial charge in [-0.15, -0.1) is 0 Å². The average Bonchev–Trinajstić information content (AvgIpc) is 2.71. The van der Waals surface area contributed by atoms with E-state index in [4.69, 9.17) is 9.88 Å². The number of nitrogens with two attached hydrogens (primary N) is 1. The van der Waals surface area contributed by atoms with Gasteiger partial charge in [-0.2, -0.15) is 5.10 Å². The average molecular weight is 302 g/mol. The maximum absolute atomic E-state index is 12.2. The van der Waals surface area contributed by atoms with E-state index in [1.807, 2.05) is 6.92 Å². The highest BCUT2D eigenvalue weighted by Crippen LogP contribution is 2.21. The van der Waals surface area contributed by atoms with Gasteiger partial charge in [0.25, 0.3) is 5.91 Å². The fourth-order valence-electron chi connectivity index (χ4n) is 2.29. The summed E-state index contributed by atoms with van der Waals surface area (Å²) < 4.78 is 28.4. The number of aromatic amines is 1. The molecule has 0 radical (unpaired) electrons. The minimum Gasteiger partial charge on any atom is -0.379 e. The van der Waals surface area contributed by atoms with E-state index in [1.54, 1.807) is 0 Å². The smallest absolute Gasteiger partial charge is 0.273 e. The minimum absolute atomic E-state index is 0.211. The fourth-order valence-corrected chi connectivity index (χ4v) is 3.17. The molecule has 1 aliphatic heterocycles. The van der Waals surface area contributed by atoms with Crippen molar-refractivity contribution in [1.29, 1.82) is 0 Å². The molecule has 0 bridgehead atoms. The van der Waals surface area contributed by atoms with Gasteiger partial charge in [-0.05, 0) is 26.7 Å². The zero-order valence-corrected chi connectivity index (χ0v) is 12.2. The van der Waals surface area contributed by atoms with Crippen LogP contribution in [0, 0.1) is 6.92 Å². The third kappa shape index (κ3) is 3.00. The van der Waals surface area contributed by atoms with Gasteiger partial charge in [0, 0.05) is 6.61 Å². The molecule has 8 nitrogen and oxygen atoms in total. The number of hydrogen-bond acceptors (Lipinski definition) is 5. The van der Waals surface area contributed by atoms with Crippen molar-refractivity contribution >= 4 is 15.9 Å². The number of nitrogens with one attached hydrogen (secondary N) is 2. The minimum atomic E-state index is -4.01. The van der Waals surface area contributed by atoms with Gasteiger partial charge in [-0.3, -0.25) is 9.89 Å². The van der Waals surface area contributed by atoms with Crippen molar-refractivity contribution in [1.82, 2.24) is 15.5 Å². The summed E-state index contributed by atoms with van der Waals surface area (Å²) in [6.45, 7) is 4.39. The summed E-state index contributed by atoms with van der Waals surface area (Å²) in [6, 6.07) is 0. The first-order valence-electron chi connectivity index (χ1n) is 6.21. The molecule has 1 unspecified atom stereocenters. The van der Waals surface area contributed by atoms with Crippen LogP contribution in [0.5, 0.6) is 0 Å². The predicted molar refractivity (Wildman–Crippen MR) is 70.6 cm³/mol. The highest BCUT2D eigenvalue weighted by molar-refractivity contribution is 7.89. The number of aromatic nitrogens is 2. The van der Waals surface area contributed by atoms with Crippen LogP contribution in [0.4, 0.5) is 0 Å². The number of ether oxygens (including phenoxy) is 1. The Morgan fingerprint density at radius 2 is 2.25 bits per heavy atom. The van der Waals surface area contributed by atoms with E-state index in [0.29, 0.717) is 13.2 Å². The molecule has 1 amide bonds. The van der Waals surface area contributed by atoms with Crippen LogP contribution in [-0.4, -0.2) is 43.3 Å². The van der Waals surface area contributed by atoms with Gasteiger partial charge >= 0.3 is 0 Å². The Hall–Kier alpha value is -1.45. The van der Waals surface area contributed by atoms with Crippen molar-refractivity contribution in [2.45, 2.75) is 37.1 Å². The Kier molecular flexibility index (Phi) is 3.85. The summed E-state index contributed by atoms with van der Waals surface area (Å²) >= 11 is 0. The zero-order valence-electron chi connectivity index (χ0n) is 11.4. The van der Waals surface area contributed by atoms with E-state index < -0.39 is 21.5 Å². The van der Waals surface area contributed by atoms with E-state index >= 15 is 0 Å². The van der Waals surface area contributed by atoms with Gasteiger partial charge in [0.15, 0.2) is 5.69 Å². The number of primary sulfonamides is 1. The van der Waals surface area contributed by atoms with Crippen molar-refractivity contribution in [2.24, 2.45) is 5.14 Å². The number of carbonyl (C=O) groups excluding carboxylic acids is 1. The lowest BCUT2D eigenvalue weighted by molar-refractivity contribution is 0.0270. The Balaban J connectivity index is 2.26.